The summed E-state index contributed by atoms with van der Waals surface area (Å²) in [5.74, 6) is -0.103. The van der Waals surface area contributed by atoms with E-state index in [1.54, 1.807) is 42.7 Å². The van der Waals surface area contributed by atoms with Crippen LogP contribution in [0.25, 0.3) is 11.5 Å². The van der Waals surface area contributed by atoms with E-state index >= 15 is 0 Å². The van der Waals surface area contributed by atoms with E-state index < -0.39 is 5.91 Å². The minimum absolute atomic E-state index is 0.0383. The zero-order valence-electron chi connectivity index (χ0n) is 14.1. The van der Waals surface area contributed by atoms with Gasteiger partial charge in [-0.25, -0.2) is 19.3 Å². The van der Waals surface area contributed by atoms with Crippen LogP contribution >= 0.6 is 23.2 Å². The molecule has 3 aromatic heterocycles. The Hall–Kier alpha value is -3.43. The monoisotopic (exact) mass is 414 g/mol. The fourth-order valence-corrected chi connectivity index (χ4v) is 3.12. The summed E-state index contributed by atoms with van der Waals surface area (Å²) in [6, 6.07) is 8.58. The molecule has 4 rings (SSSR count). The first kappa shape index (κ1) is 18.0. The molecule has 0 saturated heterocycles. The predicted molar refractivity (Wildman–Crippen MR) is 105 cm³/mol. The molecule has 1 aromatic carbocycles. The minimum Gasteiger partial charge on any atom is -0.364 e. The van der Waals surface area contributed by atoms with Crippen molar-refractivity contribution in [3.05, 3.63) is 71.1 Å². The summed E-state index contributed by atoms with van der Waals surface area (Å²) in [4.78, 5) is 20.0. The van der Waals surface area contributed by atoms with Crippen molar-refractivity contribution in [1.29, 1.82) is 0 Å². The Morgan fingerprint density at radius 2 is 1.89 bits per heavy atom. The van der Waals surface area contributed by atoms with Crippen LogP contribution in [0, 0.1) is 0 Å². The summed E-state index contributed by atoms with van der Waals surface area (Å²) in [5, 5.41) is 12.1. The Bertz CT molecular complexity index is 1120. The highest BCUT2D eigenvalue weighted by molar-refractivity contribution is 6.37. The lowest BCUT2D eigenvalue weighted by molar-refractivity contribution is 0.0996. The number of benzene rings is 1. The molecule has 28 heavy (non-hydrogen) atoms. The van der Waals surface area contributed by atoms with Crippen LogP contribution in [0.2, 0.25) is 10.0 Å². The number of primary amides is 1. The van der Waals surface area contributed by atoms with Gasteiger partial charge in [0.2, 0.25) is 0 Å². The topological polar surface area (TPSA) is 117 Å². The number of rotatable bonds is 5. The van der Waals surface area contributed by atoms with Gasteiger partial charge in [0, 0.05) is 0 Å². The number of para-hydroxylation sites is 1. The SMILES string of the molecule is NC(=O)c1nn(-c2c(Cl)cccc2Cl)cc1Nc1ccc(-n2cncn2)nc1. The molecule has 0 unspecified atom stereocenters. The van der Waals surface area contributed by atoms with Gasteiger partial charge in [-0.2, -0.15) is 10.2 Å². The van der Waals surface area contributed by atoms with Gasteiger partial charge >= 0.3 is 0 Å². The molecule has 140 valence electrons. The van der Waals surface area contributed by atoms with Gasteiger partial charge in [-0.05, 0) is 24.3 Å². The number of nitrogens with zero attached hydrogens (tertiary/aromatic N) is 6. The fourth-order valence-electron chi connectivity index (χ4n) is 2.55. The Morgan fingerprint density at radius 3 is 2.50 bits per heavy atom. The molecule has 0 fully saturated rings. The van der Waals surface area contributed by atoms with Crippen LogP contribution < -0.4 is 11.1 Å². The molecule has 0 aliphatic carbocycles. The highest BCUT2D eigenvalue weighted by atomic mass is 35.5. The maximum atomic E-state index is 11.8. The molecule has 9 nitrogen and oxygen atoms in total. The molecule has 0 saturated carbocycles. The zero-order valence-corrected chi connectivity index (χ0v) is 15.6. The Morgan fingerprint density at radius 1 is 1.11 bits per heavy atom. The molecular weight excluding hydrogens is 403 g/mol. The summed E-state index contributed by atoms with van der Waals surface area (Å²) in [7, 11) is 0. The smallest absolute Gasteiger partial charge is 0.271 e. The van der Waals surface area contributed by atoms with E-state index in [1.807, 2.05) is 0 Å². The molecule has 0 bridgehead atoms. The quantitative estimate of drug-likeness (QED) is 0.518. The van der Waals surface area contributed by atoms with E-state index in [2.05, 4.69) is 25.5 Å². The number of anilines is 2. The van der Waals surface area contributed by atoms with Crippen LogP contribution in [0.4, 0.5) is 11.4 Å². The van der Waals surface area contributed by atoms with Crippen molar-refractivity contribution in [2.45, 2.75) is 0 Å². The number of hydrogen-bond acceptors (Lipinski definition) is 6. The highest BCUT2D eigenvalue weighted by Crippen LogP contribution is 2.30. The van der Waals surface area contributed by atoms with Crippen molar-refractivity contribution in [1.82, 2.24) is 29.5 Å². The minimum atomic E-state index is -0.698. The summed E-state index contributed by atoms with van der Waals surface area (Å²) in [6.07, 6.45) is 6.12. The Labute approximate surface area is 168 Å². The number of carbonyl (C=O) groups is 1. The average molecular weight is 415 g/mol. The number of nitrogens with two attached hydrogens (primary N) is 1. The molecule has 0 spiro atoms. The molecule has 0 aliphatic rings. The van der Waals surface area contributed by atoms with Crippen LogP contribution in [0.15, 0.2) is 55.4 Å². The zero-order chi connectivity index (χ0) is 19.7. The van der Waals surface area contributed by atoms with E-state index in [1.165, 1.54) is 22.0 Å². The van der Waals surface area contributed by atoms with Gasteiger partial charge in [0.05, 0.1) is 33.8 Å². The lowest BCUT2D eigenvalue weighted by Crippen LogP contribution is -2.14. The first-order valence-corrected chi connectivity index (χ1v) is 8.70. The summed E-state index contributed by atoms with van der Waals surface area (Å²) < 4.78 is 2.93. The third-order valence-corrected chi connectivity index (χ3v) is 4.40. The molecule has 3 heterocycles. The van der Waals surface area contributed by atoms with Crippen molar-refractivity contribution in [3.63, 3.8) is 0 Å². The van der Waals surface area contributed by atoms with E-state index in [0.29, 0.717) is 32.9 Å². The second kappa shape index (κ2) is 7.29. The van der Waals surface area contributed by atoms with Gasteiger partial charge < -0.3 is 11.1 Å². The molecule has 0 radical (unpaired) electrons. The van der Waals surface area contributed by atoms with Crippen LogP contribution in [0.1, 0.15) is 10.5 Å². The maximum Gasteiger partial charge on any atom is 0.271 e. The van der Waals surface area contributed by atoms with E-state index in [-0.39, 0.29) is 5.69 Å². The van der Waals surface area contributed by atoms with Crippen molar-refractivity contribution >= 4 is 40.5 Å². The van der Waals surface area contributed by atoms with Crippen molar-refractivity contribution < 1.29 is 4.79 Å². The number of hydrogen-bond donors (Lipinski definition) is 2. The number of aromatic nitrogens is 6. The normalized spacial score (nSPS) is 10.8. The third kappa shape index (κ3) is 3.40. The van der Waals surface area contributed by atoms with Crippen molar-refractivity contribution in [2.24, 2.45) is 5.73 Å². The van der Waals surface area contributed by atoms with E-state index in [4.69, 9.17) is 28.9 Å². The molecule has 0 atom stereocenters. The average Bonchev–Trinajstić information content (AvgIpc) is 3.33. The molecule has 0 aliphatic heterocycles. The number of carbonyl (C=O) groups excluding carboxylic acids is 1. The molecule has 1 amide bonds. The van der Waals surface area contributed by atoms with Gasteiger partial charge in [-0.3, -0.25) is 4.79 Å². The first-order chi connectivity index (χ1) is 13.5. The largest absolute Gasteiger partial charge is 0.364 e. The molecule has 3 N–H and O–H groups in total. The van der Waals surface area contributed by atoms with Gasteiger partial charge in [0.15, 0.2) is 11.5 Å². The maximum absolute atomic E-state index is 11.8. The lowest BCUT2D eigenvalue weighted by atomic mass is 10.3. The fraction of sp³-hybridized carbons (Fsp3) is 0. The Balaban J connectivity index is 1.68. The van der Waals surface area contributed by atoms with E-state index in [0.717, 1.165) is 0 Å². The van der Waals surface area contributed by atoms with Gasteiger partial charge in [0.1, 0.15) is 18.3 Å². The number of amides is 1. The molecular formula is C17H12Cl2N8O. The predicted octanol–water partition coefficient (Wildman–Crippen LogP) is 3.00. The van der Waals surface area contributed by atoms with Gasteiger partial charge in [0.25, 0.3) is 5.91 Å². The van der Waals surface area contributed by atoms with Crippen LogP contribution in [0.5, 0.6) is 0 Å². The summed E-state index contributed by atoms with van der Waals surface area (Å²) in [6.45, 7) is 0. The van der Waals surface area contributed by atoms with Crippen LogP contribution in [0.3, 0.4) is 0 Å². The highest BCUT2D eigenvalue weighted by Gasteiger charge is 2.18. The lowest BCUT2D eigenvalue weighted by Gasteiger charge is -2.06. The number of nitrogens with one attached hydrogen (secondary N) is 1. The van der Waals surface area contributed by atoms with Gasteiger partial charge in [-0.1, -0.05) is 29.3 Å². The summed E-state index contributed by atoms with van der Waals surface area (Å²) >= 11 is 12.5. The van der Waals surface area contributed by atoms with Crippen LogP contribution in [-0.2, 0) is 0 Å². The first-order valence-electron chi connectivity index (χ1n) is 7.95. The van der Waals surface area contributed by atoms with Crippen molar-refractivity contribution in [2.75, 3.05) is 5.32 Å². The third-order valence-electron chi connectivity index (χ3n) is 3.79. The molecule has 4 aromatic rings. The second-order valence-electron chi connectivity index (χ2n) is 5.64. The number of halogens is 2. The summed E-state index contributed by atoms with van der Waals surface area (Å²) in [5.41, 5.74) is 6.96. The standard InChI is InChI=1S/C17H12Cl2N8O/c18-11-2-1-3-12(19)16(11)26-7-13(15(25-26)17(20)28)24-10-4-5-14(22-6-10)27-9-21-8-23-27/h1-9,24H,(H2,20,28). The van der Waals surface area contributed by atoms with Gasteiger partial charge in [-0.15, -0.1) is 0 Å². The van der Waals surface area contributed by atoms with Crippen molar-refractivity contribution in [3.8, 4) is 11.5 Å². The van der Waals surface area contributed by atoms with Crippen LogP contribution in [-0.4, -0.2) is 35.4 Å². The molecule has 11 heteroatoms. The second-order valence-corrected chi connectivity index (χ2v) is 6.45. The Kier molecular flexibility index (Phi) is 4.68. The number of pyridine rings is 1. The van der Waals surface area contributed by atoms with E-state index in [9.17, 15) is 4.79 Å².